The quantitative estimate of drug-likeness (QED) is 0.322. The summed E-state index contributed by atoms with van der Waals surface area (Å²) in [6.07, 6.45) is -5.08. The number of nitrogens with one attached hydrogen (secondary N) is 2. The minimum absolute atomic E-state index is 0.396. The fourth-order valence-corrected chi connectivity index (χ4v) is 3.87. The number of rotatable bonds is 6. The van der Waals surface area contributed by atoms with Gasteiger partial charge >= 0.3 is 17.8 Å². The number of fused-ring (bicyclic) bond motifs is 1. The third-order valence-electron chi connectivity index (χ3n) is 4.60. The summed E-state index contributed by atoms with van der Waals surface area (Å²) in [4.78, 5) is 41.9. The fraction of sp³-hybridized carbons (Fsp3) is 0.167. The molecule has 0 aliphatic rings. The minimum atomic E-state index is -5.08. The van der Waals surface area contributed by atoms with Crippen molar-refractivity contribution in [2.75, 3.05) is 0 Å². The van der Waals surface area contributed by atoms with E-state index in [-0.39, 0.29) is 0 Å². The van der Waals surface area contributed by atoms with E-state index >= 15 is 0 Å². The Labute approximate surface area is 206 Å². The van der Waals surface area contributed by atoms with Crippen LogP contribution < -0.4 is 16.0 Å². The number of carboxylic acid groups (broad SMARTS) is 1. The van der Waals surface area contributed by atoms with Gasteiger partial charge in [0.1, 0.15) is 12.4 Å². The van der Waals surface area contributed by atoms with Crippen LogP contribution >= 0.6 is 11.8 Å². The minimum Gasteiger partial charge on any atom is -0.489 e. The zero-order valence-corrected chi connectivity index (χ0v) is 19.6. The molecule has 0 spiro atoms. The number of pyridine rings is 1. The van der Waals surface area contributed by atoms with Crippen molar-refractivity contribution in [1.82, 2.24) is 15.0 Å². The normalized spacial score (nSPS) is 11.0. The highest BCUT2D eigenvalue weighted by molar-refractivity contribution is 7.98. The number of aromatic nitrogens is 3. The Morgan fingerprint density at radius 2 is 1.72 bits per heavy atom. The smallest absolute Gasteiger partial charge is 0.489 e. The number of aliphatic carboxylic acids is 1. The molecule has 0 amide bonds. The molecule has 2 heterocycles. The highest BCUT2D eigenvalue weighted by atomic mass is 32.2. The molecule has 188 valence electrons. The van der Waals surface area contributed by atoms with Crippen molar-refractivity contribution in [1.29, 1.82) is 0 Å². The summed E-state index contributed by atoms with van der Waals surface area (Å²) in [7, 11) is 0. The lowest BCUT2D eigenvalue weighted by Crippen LogP contribution is -2.22. The second kappa shape index (κ2) is 11.6. The highest BCUT2D eigenvalue weighted by Crippen LogP contribution is 2.25. The number of halogens is 3. The second-order valence-corrected chi connectivity index (χ2v) is 8.45. The molecule has 2 aromatic carbocycles. The molecule has 0 bridgehead atoms. The summed E-state index contributed by atoms with van der Waals surface area (Å²) < 4.78 is 37.7. The predicted octanol–water partition coefficient (Wildman–Crippen LogP) is 4.42. The van der Waals surface area contributed by atoms with Crippen LogP contribution in [0.3, 0.4) is 0 Å². The van der Waals surface area contributed by atoms with Crippen molar-refractivity contribution in [2.24, 2.45) is 0 Å². The maximum absolute atomic E-state index is 11.4. The lowest BCUT2D eigenvalue weighted by molar-refractivity contribution is -0.192. The lowest BCUT2D eigenvalue weighted by atomic mass is 10.1. The molecule has 0 aliphatic carbocycles. The number of benzene rings is 2. The van der Waals surface area contributed by atoms with Crippen molar-refractivity contribution >= 4 is 28.6 Å². The summed E-state index contributed by atoms with van der Waals surface area (Å²) in [6.45, 7) is 2.44. The molecule has 0 radical (unpaired) electrons. The number of ether oxygens (including phenoxy) is 1. The lowest BCUT2D eigenvalue weighted by Gasteiger charge is -2.10. The van der Waals surface area contributed by atoms with Crippen LogP contribution in [0.4, 0.5) is 13.2 Å². The molecule has 4 rings (SSSR count). The van der Waals surface area contributed by atoms with E-state index in [0.29, 0.717) is 18.1 Å². The van der Waals surface area contributed by atoms with Gasteiger partial charge in [-0.25, -0.2) is 9.59 Å². The standard InChI is InChI=1S/C22H19N3O3S.C2HF3O2/c1-14-10-15(19-4-2-3-5-20(19)23-14)12-28-17-6-8-18(9-7-17)29-13-16-11-21(26)25-22(27)24-16;3-2(4,5)1(6)7/h2-11H,12-13H2,1H3,(H2,24,25,26,27);(H,6,7). The number of para-hydroxylation sites is 1. The first-order valence-electron chi connectivity index (χ1n) is 10.3. The number of aryl methyl sites for hydroxylation is 1. The van der Waals surface area contributed by atoms with Gasteiger partial charge in [-0.2, -0.15) is 13.2 Å². The number of carbonyl (C=O) groups is 1. The monoisotopic (exact) mass is 519 g/mol. The molecule has 8 nitrogen and oxygen atoms in total. The van der Waals surface area contributed by atoms with E-state index in [1.165, 1.54) is 17.8 Å². The van der Waals surface area contributed by atoms with Crippen LogP contribution in [-0.4, -0.2) is 32.2 Å². The Hall–Kier alpha value is -4.06. The molecule has 0 fully saturated rings. The fourth-order valence-electron chi connectivity index (χ4n) is 3.07. The zero-order valence-electron chi connectivity index (χ0n) is 18.8. The van der Waals surface area contributed by atoms with Gasteiger partial charge in [0, 0.05) is 39.1 Å². The molecule has 3 N–H and O–H groups in total. The molecule has 12 heteroatoms. The summed E-state index contributed by atoms with van der Waals surface area (Å²) in [6, 6.07) is 19.2. The van der Waals surface area contributed by atoms with E-state index in [1.54, 1.807) is 0 Å². The van der Waals surface area contributed by atoms with Crippen molar-refractivity contribution in [3.63, 3.8) is 0 Å². The zero-order chi connectivity index (χ0) is 26.3. The summed E-state index contributed by atoms with van der Waals surface area (Å²) >= 11 is 1.53. The third-order valence-corrected chi connectivity index (χ3v) is 5.66. The number of carboxylic acids is 1. The van der Waals surface area contributed by atoms with Crippen molar-refractivity contribution in [2.45, 2.75) is 30.4 Å². The average Bonchev–Trinajstić information content (AvgIpc) is 2.81. The first kappa shape index (κ1) is 26.5. The van der Waals surface area contributed by atoms with Gasteiger partial charge < -0.3 is 14.8 Å². The number of aromatic amines is 2. The Balaban J connectivity index is 0.000000454. The maximum Gasteiger partial charge on any atom is 0.490 e. The number of nitrogens with zero attached hydrogens (tertiary/aromatic N) is 1. The molecular formula is C24H20F3N3O5S. The molecule has 0 saturated heterocycles. The first-order valence-corrected chi connectivity index (χ1v) is 11.3. The van der Waals surface area contributed by atoms with E-state index in [1.807, 2.05) is 49.4 Å². The van der Waals surface area contributed by atoms with Crippen LogP contribution in [0.15, 0.2) is 75.1 Å². The number of H-pyrrole nitrogens is 2. The van der Waals surface area contributed by atoms with E-state index in [0.717, 1.165) is 32.8 Å². The van der Waals surface area contributed by atoms with Gasteiger partial charge in [0.05, 0.1) is 5.52 Å². The van der Waals surface area contributed by atoms with Crippen LogP contribution in [0, 0.1) is 6.92 Å². The van der Waals surface area contributed by atoms with Gasteiger partial charge in [-0.3, -0.25) is 14.8 Å². The Morgan fingerprint density at radius 3 is 2.36 bits per heavy atom. The Morgan fingerprint density at radius 1 is 1.06 bits per heavy atom. The van der Waals surface area contributed by atoms with Gasteiger partial charge in [0.2, 0.25) is 0 Å². The first-order chi connectivity index (χ1) is 17.0. The highest BCUT2D eigenvalue weighted by Gasteiger charge is 2.38. The van der Waals surface area contributed by atoms with Crippen LogP contribution in [-0.2, 0) is 17.2 Å². The topological polar surface area (TPSA) is 125 Å². The van der Waals surface area contributed by atoms with Crippen LogP contribution in [0.2, 0.25) is 0 Å². The number of hydrogen-bond donors (Lipinski definition) is 3. The Bertz CT molecular complexity index is 1440. The molecule has 0 aliphatic heterocycles. The van der Waals surface area contributed by atoms with Gasteiger partial charge in [0.15, 0.2) is 0 Å². The van der Waals surface area contributed by atoms with Crippen LogP contribution in [0.5, 0.6) is 5.75 Å². The Kier molecular flexibility index (Phi) is 8.54. The average molecular weight is 520 g/mol. The van der Waals surface area contributed by atoms with E-state index in [2.05, 4.69) is 27.1 Å². The van der Waals surface area contributed by atoms with Crippen molar-refractivity contribution in [3.05, 3.63) is 98.5 Å². The number of thioether (sulfide) groups is 1. The van der Waals surface area contributed by atoms with Gasteiger partial charge in [-0.05, 0) is 43.3 Å². The molecule has 0 saturated carbocycles. The molecule has 0 unspecified atom stereocenters. The summed E-state index contributed by atoms with van der Waals surface area (Å²) in [5.41, 5.74) is 2.74. The summed E-state index contributed by atoms with van der Waals surface area (Å²) in [5.74, 6) is -1.48. The van der Waals surface area contributed by atoms with Crippen molar-refractivity contribution in [3.8, 4) is 5.75 Å². The molecular weight excluding hydrogens is 499 g/mol. The van der Waals surface area contributed by atoms with Gasteiger partial charge in [0.25, 0.3) is 5.56 Å². The number of hydrogen-bond acceptors (Lipinski definition) is 6. The number of alkyl halides is 3. The SMILES string of the molecule is Cc1cc(COc2ccc(SCc3cc(=O)[nH]c(=O)[nH]3)cc2)c2ccccc2n1.O=C(O)C(F)(F)F. The largest absolute Gasteiger partial charge is 0.490 e. The van der Waals surface area contributed by atoms with Crippen LogP contribution in [0.1, 0.15) is 17.0 Å². The van der Waals surface area contributed by atoms with E-state index < -0.39 is 23.4 Å². The van der Waals surface area contributed by atoms with E-state index in [9.17, 15) is 22.8 Å². The maximum atomic E-state index is 11.4. The molecule has 36 heavy (non-hydrogen) atoms. The molecule has 4 aromatic rings. The molecule has 2 aromatic heterocycles. The van der Waals surface area contributed by atoms with Gasteiger partial charge in [-0.1, -0.05) is 18.2 Å². The van der Waals surface area contributed by atoms with E-state index in [4.69, 9.17) is 14.6 Å². The third kappa shape index (κ3) is 7.73. The van der Waals surface area contributed by atoms with Crippen LogP contribution in [0.25, 0.3) is 10.9 Å². The second-order valence-electron chi connectivity index (χ2n) is 7.40. The summed E-state index contributed by atoms with van der Waals surface area (Å²) in [5, 5.41) is 8.22. The predicted molar refractivity (Wildman–Crippen MR) is 128 cm³/mol. The van der Waals surface area contributed by atoms with Gasteiger partial charge in [-0.15, -0.1) is 11.8 Å². The molecule has 0 atom stereocenters. The van der Waals surface area contributed by atoms with Crippen molar-refractivity contribution < 1.29 is 27.8 Å².